The molecular formula is C21H36N4O5. The zero-order valence-corrected chi connectivity index (χ0v) is 19.1. The van der Waals surface area contributed by atoms with Gasteiger partial charge in [0.15, 0.2) is 5.78 Å². The van der Waals surface area contributed by atoms with Crippen LogP contribution in [0, 0.1) is 17.3 Å². The van der Waals surface area contributed by atoms with Crippen LogP contribution < -0.4 is 16.0 Å². The molecule has 0 aliphatic carbocycles. The molecule has 0 spiro atoms. The number of imide groups is 1. The summed E-state index contributed by atoms with van der Waals surface area (Å²) >= 11 is 0. The number of nitrogens with one attached hydrogen (secondary N) is 3. The van der Waals surface area contributed by atoms with Crippen molar-refractivity contribution in [1.82, 2.24) is 20.9 Å². The molecule has 0 aromatic heterocycles. The molecule has 3 N–H and O–H groups in total. The Morgan fingerprint density at radius 1 is 1.03 bits per heavy atom. The first kappa shape index (κ1) is 25.7. The van der Waals surface area contributed by atoms with E-state index in [1.54, 1.807) is 27.7 Å². The largest absolute Gasteiger partial charge is 0.353 e. The van der Waals surface area contributed by atoms with Gasteiger partial charge in [-0.15, -0.1) is 0 Å². The summed E-state index contributed by atoms with van der Waals surface area (Å²) in [7, 11) is 0. The third kappa shape index (κ3) is 7.19. The molecule has 1 unspecified atom stereocenters. The number of hydrogen-bond acceptors (Lipinski definition) is 6. The van der Waals surface area contributed by atoms with E-state index in [9.17, 15) is 24.0 Å². The van der Waals surface area contributed by atoms with Crippen molar-refractivity contribution in [2.75, 3.05) is 19.6 Å². The van der Waals surface area contributed by atoms with Crippen molar-refractivity contribution in [1.29, 1.82) is 0 Å². The summed E-state index contributed by atoms with van der Waals surface area (Å²) in [5.74, 6) is -1.98. The topological polar surface area (TPSA) is 125 Å². The maximum absolute atomic E-state index is 12.4. The Kier molecular flexibility index (Phi) is 9.14. The lowest BCUT2D eigenvalue weighted by molar-refractivity contribution is -0.144. The maximum Gasteiger partial charge on any atom is 0.240 e. The molecule has 0 aromatic carbocycles. The predicted octanol–water partition coefficient (Wildman–Crippen LogP) is 0.232. The number of hydrogen-bond donors (Lipinski definition) is 3. The van der Waals surface area contributed by atoms with Crippen LogP contribution in [0.4, 0.5) is 0 Å². The van der Waals surface area contributed by atoms with Gasteiger partial charge >= 0.3 is 0 Å². The summed E-state index contributed by atoms with van der Waals surface area (Å²) < 4.78 is 0. The van der Waals surface area contributed by atoms with Gasteiger partial charge in [0.25, 0.3) is 0 Å². The summed E-state index contributed by atoms with van der Waals surface area (Å²) in [4.78, 5) is 61.6. The number of Topliss-reactive ketones (excluding diaryl/α,β-unsaturated/α-hetero) is 1. The minimum absolute atomic E-state index is 0.0393. The third-order valence-corrected chi connectivity index (χ3v) is 5.24. The second-order valence-corrected chi connectivity index (χ2v) is 9.25. The lowest BCUT2D eigenvalue weighted by Gasteiger charge is -2.24. The van der Waals surface area contributed by atoms with Crippen LogP contribution in [0.1, 0.15) is 54.9 Å². The van der Waals surface area contributed by atoms with E-state index in [1.165, 1.54) is 0 Å². The maximum atomic E-state index is 12.4. The van der Waals surface area contributed by atoms with Crippen molar-refractivity contribution in [3.05, 3.63) is 0 Å². The van der Waals surface area contributed by atoms with Crippen LogP contribution in [0.5, 0.6) is 0 Å². The average Bonchev–Trinajstić information content (AvgIpc) is 2.92. The van der Waals surface area contributed by atoms with E-state index in [0.29, 0.717) is 6.54 Å². The number of ketones is 1. The van der Waals surface area contributed by atoms with Crippen LogP contribution in [0.3, 0.4) is 0 Å². The fourth-order valence-electron chi connectivity index (χ4n) is 3.22. The van der Waals surface area contributed by atoms with Gasteiger partial charge in [0.05, 0.1) is 18.0 Å². The minimum atomic E-state index is -0.561. The molecule has 1 rings (SSSR count). The Morgan fingerprint density at radius 3 is 2.13 bits per heavy atom. The smallest absolute Gasteiger partial charge is 0.240 e. The monoisotopic (exact) mass is 424 g/mol. The predicted molar refractivity (Wildman–Crippen MR) is 112 cm³/mol. The van der Waals surface area contributed by atoms with Crippen LogP contribution in [0.15, 0.2) is 0 Å². The van der Waals surface area contributed by atoms with Crippen LogP contribution >= 0.6 is 0 Å². The highest BCUT2D eigenvalue weighted by Gasteiger charge is 2.45. The molecule has 0 radical (unpaired) electrons. The van der Waals surface area contributed by atoms with Gasteiger partial charge in [-0.2, -0.15) is 0 Å². The Morgan fingerprint density at radius 2 is 1.63 bits per heavy atom. The summed E-state index contributed by atoms with van der Waals surface area (Å²) in [6.45, 7) is 12.8. The van der Waals surface area contributed by atoms with Gasteiger partial charge in [0.1, 0.15) is 6.54 Å². The standard InChI is InChI=1S/C21H36N4O5/c1-12(2)18(28)13(3)24-19(29)14(4)22-8-9-23-16(26)11-25-17(27)10-15(20(25)30)21(5,6)7/h12-15,22H,8-11H2,1-7H3,(H,23,26)(H,24,29)/t13-,14-,15?/m0/s1. The van der Waals surface area contributed by atoms with Gasteiger partial charge in [-0.25, -0.2) is 0 Å². The van der Waals surface area contributed by atoms with E-state index < -0.39 is 23.9 Å². The van der Waals surface area contributed by atoms with Gasteiger partial charge in [-0.3, -0.25) is 28.9 Å². The molecule has 4 amide bonds. The molecule has 1 heterocycles. The van der Waals surface area contributed by atoms with Crippen molar-refractivity contribution in [2.24, 2.45) is 17.3 Å². The van der Waals surface area contributed by atoms with E-state index >= 15 is 0 Å². The van der Waals surface area contributed by atoms with E-state index in [4.69, 9.17) is 0 Å². The SMILES string of the molecule is CC(C)C(=O)[C@H](C)NC(=O)[C@H](C)NCCNC(=O)CN1C(=O)CC(C(C)(C)C)C1=O. The number of carbonyl (C=O) groups is 5. The quantitative estimate of drug-likeness (QED) is 0.341. The molecule has 1 fully saturated rings. The highest BCUT2D eigenvalue weighted by atomic mass is 16.2. The molecule has 3 atom stereocenters. The fourth-order valence-corrected chi connectivity index (χ4v) is 3.22. The molecule has 1 saturated heterocycles. The van der Waals surface area contributed by atoms with Crippen molar-refractivity contribution in [3.63, 3.8) is 0 Å². The summed E-state index contributed by atoms with van der Waals surface area (Å²) in [5.41, 5.74) is -0.337. The average molecular weight is 425 g/mol. The first-order valence-electron chi connectivity index (χ1n) is 10.4. The number of carbonyl (C=O) groups excluding carboxylic acids is 5. The zero-order valence-electron chi connectivity index (χ0n) is 19.1. The van der Waals surface area contributed by atoms with Crippen LogP contribution in [-0.2, 0) is 24.0 Å². The molecule has 1 aliphatic rings. The van der Waals surface area contributed by atoms with Crippen molar-refractivity contribution in [2.45, 2.75) is 67.0 Å². The minimum Gasteiger partial charge on any atom is -0.353 e. The molecule has 0 bridgehead atoms. The second kappa shape index (κ2) is 10.7. The van der Waals surface area contributed by atoms with E-state index in [-0.39, 0.29) is 54.3 Å². The summed E-state index contributed by atoms with van der Waals surface area (Å²) in [6, 6.07) is -1.10. The van der Waals surface area contributed by atoms with Gasteiger partial charge in [-0.1, -0.05) is 34.6 Å². The molecule has 0 aromatic rings. The lowest BCUT2D eigenvalue weighted by atomic mass is 9.80. The highest BCUT2D eigenvalue weighted by Crippen LogP contribution is 2.35. The zero-order chi connectivity index (χ0) is 23.2. The normalized spacial score (nSPS) is 19.1. The fraction of sp³-hybridized carbons (Fsp3) is 0.762. The van der Waals surface area contributed by atoms with Crippen molar-refractivity contribution in [3.8, 4) is 0 Å². The van der Waals surface area contributed by atoms with Crippen molar-refractivity contribution < 1.29 is 24.0 Å². The molecule has 0 saturated carbocycles. The van der Waals surface area contributed by atoms with Crippen molar-refractivity contribution >= 4 is 29.4 Å². The number of amides is 4. The first-order valence-corrected chi connectivity index (χ1v) is 10.4. The molecule has 9 nitrogen and oxygen atoms in total. The van der Waals surface area contributed by atoms with Gasteiger partial charge in [0, 0.05) is 25.4 Å². The Bertz CT molecular complexity index is 683. The van der Waals surface area contributed by atoms with E-state index in [2.05, 4.69) is 16.0 Å². The number of likely N-dealkylation sites (tertiary alicyclic amines) is 1. The second-order valence-electron chi connectivity index (χ2n) is 9.25. The highest BCUT2D eigenvalue weighted by molar-refractivity contribution is 6.06. The third-order valence-electron chi connectivity index (χ3n) is 5.24. The number of nitrogens with zero attached hydrogens (tertiary/aromatic N) is 1. The molecule has 170 valence electrons. The Balaban J connectivity index is 2.36. The van der Waals surface area contributed by atoms with E-state index in [1.807, 2.05) is 20.8 Å². The van der Waals surface area contributed by atoms with E-state index in [0.717, 1.165) is 4.90 Å². The van der Waals surface area contributed by atoms with Gasteiger partial charge in [-0.05, 0) is 19.3 Å². The summed E-state index contributed by atoms with van der Waals surface area (Å²) in [5, 5.41) is 8.27. The first-order chi connectivity index (χ1) is 13.8. The molecule has 1 aliphatic heterocycles. The summed E-state index contributed by atoms with van der Waals surface area (Å²) in [6.07, 6.45) is 0.127. The van der Waals surface area contributed by atoms with Crippen LogP contribution in [-0.4, -0.2) is 66.0 Å². The lowest BCUT2D eigenvalue weighted by Crippen LogP contribution is -2.50. The van der Waals surface area contributed by atoms with Gasteiger partial charge < -0.3 is 16.0 Å². The van der Waals surface area contributed by atoms with Crippen LogP contribution in [0.2, 0.25) is 0 Å². The Hall–Kier alpha value is -2.29. The molecule has 9 heteroatoms. The number of rotatable bonds is 10. The molecule has 30 heavy (non-hydrogen) atoms. The Labute approximate surface area is 178 Å². The van der Waals surface area contributed by atoms with Gasteiger partial charge in [0.2, 0.25) is 23.6 Å². The van der Waals surface area contributed by atoms with Crippen LogP contribution in [0.25, 0.3) is 0 Å². The molecular weight excluding hydrogens is 388 g/mol.